The van der Waals surface area contributed by atoms with Crippen molar-refractivity contribution in [3.63, 3.8) is 0 Å². The van der Waals surface area contributed by atoms with Crippen LogP contribution in [-0.2, 0) is 16.1 Å². The van der Waals surface area contributed by atoms with Gasteiger partial charge in [0.15, 0.2) is 0 Å². The van der Waals surface area contributed by atoms with E-state index in [1.807, 2.05) is 30.3 Å². The molecule has 24 heavy (non-hydrogen) atoms. The Hall–Kier alpha value is -2.40. The molecule has 0 spiro atoms. The SMILES string of the molecule is CN1C(=O)C[C@@H](C(=O)NCc2ccccn2)[C@H]1c1cccc(Cl)c1. The number of likely N-dealkylation sites (tertiary alicyclic amines) is 1. The Bertz CT molecular complexity index is 751. The summed E-state index contributed by atoms with van der Waals surface area (Å²) in [4.78, 5) is 30.6. The lowest BCUT2D eigenvalue weighted by atomic mass is 9.93. The van der Waals surface area contributed by atoms with E-state index in [0.717, 1.165) is 11.3 Å². The van der Waals surface area contributed by atoms with Crippen LogP contribution in [0.25, 0.3) is 0 Å². The first-order chi connectivity index (χ1) is 11.6. The number of hydrogen-bond donors (Lipinski definition) is 1. The molecule has 124 valence electrons. The molecular formula is C18H18ClN3O2. The Balaban J connectivity index is 1.77. The largest absolute Gasteiger partial charge is 0.350 e. The highest BCUT2D eigenvalue weighted by atomic mass is 35.5. The van der Waals surface area contributed by atoms with Gasteiger partial charge in [-0.25, -0.2) is 0 Å². The molecule has 0 unspecified atom stereocenters. The van der Waals surface area contributed by atoms with Gasteiger partial charge in [-0.05, 0) is 29.8 Å². The topological polar surface area (TPSA) is 62.3 Å². The van der Waals surface area contributed by atoms with Crippen molar-refractivity contribution in [2.45, 2.75) is 19.0 Å². The fourth-order valence-corrected chi connectivity index (χ4v) is 3.26. The highest BCUT2D eigenvalue weighted by molar-refractivity contribution is 6.30. The molecular weight excluding hydrogens is 326 g/mol. The highest BCUT2D eigenvalue weighted by Gasteiger charge is 2.42. The normalized spacial score (nSPS) is 20.2. The average molecular weight is 344 g/mol. The minimum Gasteiger partial charge on any atom is -0.350 e. The number of benzene rings is 1. The first-order valence-electron chi connectivity index (χ1n) is 7.75. The number of aromatic nitrogens is 1. The van der Waals surface area contributed by atoms with Gasteiger partial charge in [0.2, 0.25) is 11.8 Å². The fraction of sp³-hybridized carbons (Fsp3) is 0.278. The lowest BCUT2D eigenvalue weighted by Gasteiger charge is -2.25. The zero-order chi connectivity index (χ0) is 17.1. The molecule has 0 saturated carbocycles. The first kappa shape index (κ1) is 16.5. The summed E-state index contributed by atoms with van der Waals surface area (Å²) in [5, 5.41) is 3.47. The number of carbonyl (C=O) groups is 2. The van der Waals surface area contributed by atoms with E-state index >= 15 is 0 Å². The summed E-state index contributed by atoms with van der Waals surface area (Å²) in [6, 6.07) is 12.5. The second kappa shape index (κ2) is 7.01. The molecule has 6 heteroatoms. The van der Waals surface area contributed by atoms with E-state index in [9.17, 15) is 9.59 Å². The van der Waals surface area contributed by atoms with Crippen LogP contribution in [0.3, 0.4) is 0 Å². The molecule has 5 nitrogen and oxygen atoms in total. The van der Waals surface area contributed by atoms with Crippen molar-refractivity contribution >= 4 is 23.4 Å². The zero-order valence-corrected chi connectivity index (χ0v) is 14.0. The summed E-state index contributed by atoms with van der Waals surface area (Å²) in [6.45, 7) is 0.344. The zero-order valence-electron chi connectivity index (χ0n) is 13.3. The molecule has 3 rings (SSSR count). The van der Waals surface area contributed by atoms with E-state index in [2.05, 4.69) is 10.3 Å². The molecule has 1 N–H and O–H groups in total. The monoisotopic (exact) mass is 343 g/mol. The number of pyridine rings is 1. The predicted octanol–water partition coefficient (Wildman–Crippen LogP) is 2.57. The summed E-state index contributed by atoms with van der Waals surface area (Å²) >= 11 is 6.06. The van der Waals surface area contributed by atoms with Crippen molar-refractivity contribution in [3.8, 4) is 0 Å². The Kier molecular flexibility index (Phi) is 4.81. The minimum absolute atomic E-state index is 0.0436. The number of amides is 2. The van der Waals surface area contributed by atoms with Crippen LogP contribution in [0.1, 0.15) is 23.7 Å². The Morgan fingerprint density at radius 2 is 2.17 bits per heavy atom. The molecule has 2 atom stereocenters. The van der Waals surface area contributed by atoms with Crippen molar-refractivity contribution in [2.75, 3.05) is 7.05 Å². The maximum absolute atomic E-state index is 12.6. The van der Waals surface area contributed by atoms with Crippen LogP contribution in [0.15, 0.2) is 48.7 Å². The van der Waals surface area contributed by atoms with Gasteiger partial charge in [0.25, 0.3) is 0 Å². The van der Waals surface area contributed by atoms with Crippen LogP contribution in [0, 0.1) is 5.92 Å². The third kappa shape index (κ3) is 3.41. The molecule has 2 amide bonds. The van der Waals surface area contributed by atoms with Gasteiger partial charge < -0.3 is 10.2 Å². The maximum atomic E-state index is 12.6. The van der Waals surface area contributed by atoms with Crippen molar-refractivity contribution in [2.24, 2.45) is 5.92 Å². The molecule has 1 fully saturated rings. The number of hydrogen-bond acceptors (Lipinski definition) is 3. The van der Waals surface area contributed by atoms with Crippen molar-refractivity contribution in [1.82, 2.24) is 15.2 Å². The molecule has 0 radical (unpaired) electrons. The molecule has 1 saturated heterocycles. The predicted molar refractivity (Wildman–Crippen MR) is 91.2 cm³/mol. The molecule has 1 aliphatic rings. The summed E-state index contributed by atoms with van der Waals surface area (Å²) in [5.41, 5.74) is 1.65. The van der Waals surface area contributed by atoms with Crippen molar-refractivity contribution in [3.05, 3.63) is 64.9 Å². The summed E-state index contributed by atoms with van der Waals surface area (Å²) in [7, 11) is 1.72. The van der Waals surface area contributed by atoms with Crippen LogP contribution >= 0.6 is 11.6 Å². The lowest BCUT2D eigenvalue weighted by molar-refractivity contribution is -0.128. The van der Waals surface area contributed by atoms with Crippen LogP contribution in [0.5, 0.6) is 0 Å². The number of nitrogens with one attached hydrogen (secondary N) is 1. The Morgan fingerprint density at radius 3 is 2.88 bits per heavy atom. The van der Waals surface area contributed by atoms with Crippen molar-refractivity contribution in [1.29, 1.82) is 0 Å². The standard InChI is InChI=1S/C18H18ClN3O2/c1-22-16(23)10-15(17(22)12-5-4-6-13(19)9-12)18(24)21-11-14-7-2-3-8-20-14/h2-9,15,17H,10-11H2,1H3,(H,21,24)/t15-,17-/m1/s1. The van der Waals surface area contributed by atoms with E-state index < -0.39 is 5.92 Å². The minimum atomic E-state index is -0.440. The van der Waals surface area contributed by atoms with Crippen LogP contribution in [-0.4, -0.2) is 28.7 Å². The quantitative estimate of drug-likeness (QED) is 0.928. The van der Waals surface area contributed by atoms with Gasteiger partial charge in [-0.2, -0.15) is 0 Å². The van der Waals surface area contributed by atoms with E-state index in [1.165, 1.54) is 0 Å². The third-order valence-electron chi connectivity index (χ3n) is 4.28. The van der Waals surface area contributed by atoms with E-state index in [4.69, 9.17) is 11.6 Å². The van der Waals surface area contributed by atoms with Crippen LogP contribution in [0.2, 0.25) is 5.02 Å². The summed E-state index contributed by atoms with van der Waals surface area (Å²) < 4.78 is 0. The lowest BCUT2D eigenvalue weighted by Crippen LogP contribution is -2.34. The Morgan fingerprint density at radius 1 is 1.33 bits per heavy atom. The second-order valence-corrected chi connectivity index (χ2v) is 6.29. The third-order valence-corrected chi connectivity index (χ3v) is 4.52. The van der Waals surface area contributed by atoms with Gasteiger partial charge in [0.1, 0.15) is 0 Å². The molecule has 2 heterocycles. The summed E-state index contributed by atoms with van der Waals surface area (Å²) in [6.07, 6.45) is 1.88. The van der Waals surface area contributed by atoms with Crippen molar-refractivity contribution < 1.29 is 9.59 Å². The number of halogens is 1. The van der Waals surface area contributed by atoms with E-state index in [-0.39, 0.29) is 24.3 Å². The van der Waals surface area contributed by atoms with Crippen LogP contribution < -0.4 is 5.32 Å². The number of rotatable bonds is 4. The molecule has 0 aliphatic carbocycles. The molecule has 0 bridgehead atoms. The average Bonchev–Trinajstić information content (AvgIpc) is 2.89. The van der Waals surface area contributed by atoms with Crippen LogP contribution in [0.4, 0.5) is 0 Å². The smallest absolute Gasteiger partial charge is 0.226 e. The molecule has 2 aromatic rings. The fourth-order valence-electron chi connectivity index (χ4n) is 3.06. The highest BCUT2D eigenvalue weighted by Crippen LogP contribution is 2.37. The van der Waals surface area contributed by atoms with E-state index in [1.54, 1.807) is 30.3 Å². The van der Waals surface area contributed by atoms with Gasteiger partial charge in [0.05, 0.1) is 24.2 Å². The van der Waals surface area contributed by atoms with Gasteiger partial charge >= 0.3 is 0 Å². The summed E-state index contributed by atoms with van der Waals surface area (Å²) in [5.74, 6) is -0.633. The Labute approximate surface area is 145 Å². The van der Waals surface area contributed by atoms with Gasteiger partial charge in [-0.15, -0.1) is 0 Å². The molecule has 1 aromatic carbocycles. The first-order valence-corrected chi connectivity index (χ1v) is 8.13. The number of carbonyl (C=O) groups excluding carboxylic acids is 2. The second-order valence-electron chi connectivity index (χ2n) is 5.85. The molecule has 1 aliphatic heterocycles. The van der Waals surface area contributed by atoms with E-state index in [0.29, 0.717) is 11.6 Å². The van der Waals surface area contributed by atoms with Gasteiger partial charge in [-0.1, -0.05) is 29.8 Å². The van der Waals surface area contributed by atoms with Gasteiger partial charge in [0, 0.05) is 24.7 Å². The maximum Gasteiger partial charge on any atom is 0.226 e. The molecule has 1 aromatic heterocycles. The number of nitrogens with zero attached hydrogens (tertiary/aromatic N) is 2. The van der Waals surface area contributed by atoms with Gasteiger partial charge in [-0.3, -0.25) is 14.6 Å².